The number of hydrogen-bond acceptors (Lipinski definition) is 11. The van der Waals surface area contributed by atoms with Gasteiger partial charge < -0.3 is 33.7 Å². The van der Waals surface area contributed by atoms with Crippen LogP contribution < -0.4 is 5.32 Å². The van der Waals surface area contributed by atoms with Gasteiger partial charge in [0.1, 0.15) is 6.61 Å². The molecule has 0 aromatic rings. The van der Waals surface area contributed by atoms with Crippen molar-refractivity contribution >= 4 is 29.7 Å². The van der Waals surface area contributed by atoms with E-state index >= 15 is 0 Å². The van der Waals surface area contributed by atoms with Crippen LogP contribution in [0.5, 0.6) is 0 Å². The maximum absolute atomic E-state index is 12.7. The number of hydrogen-bond donors (Lipinski definition) is 1. The second-order valence-electron chi connectivity index (χ2n) is 17.0. The SMILES string of the molecule is CCCCCCCCCCCCCCCC(=O)OCC(COCCOCCOCCOCCNC(=O)CCN1C(=O)C=CC1=O)OC(=O)CCCCCCCCCCCCCCC. The Kier molecular flexibility index (Phi) is 40.9. The Bertz CT molecular complexity index is 1150. The van der Waals surface area contributed by atoms with Crippen LogP contribution in [0.1, 0.15) is 200 Å². The molecule has 366 valence electrons. The zero-order valence-electron chi connectivity index (χ0n) is 40.0. The van der Waals surface area contributed by atoms with Crippen molar-refractivity contribution in [2.75, 3.05) is 72.6 Å². The highest BCUT2D eigenvalue weighted by Crippen LogP contribution is 2.15. The number of rotatable bonds is 48. The lowest BCUT2D eigenvalue weighted by Gasteiger charge is -2.18. The maximum Gasteiger partial charge on any atom is 0.306 e. The van der Waals surface area contributed by atoms with Crippen LogP contribution in [0.4, 0.5) is 0 Å². The van der Waals surface area contributed by atoms with E-state index in [9.17, 15) is 24.0 Å². The number of amides is 3. The average molecular weight is 895 g/mol. The smallest absolute Gasteiger partial charge is 0.306 e. The van der Waals surface area contributed by atoms with E-state index in [0.29, 0.717) is 59.0 Å². The zero-order chi connectivity index (χ0) is 45.7. The Labute approximate surface area is 382 Å². The Morgan fingerprint density at radius 2 is 0.857 bits per heavy atom. The van der Waals surface area contributed by atoms with Gasteiger partial charge in [-0.15, -0.1) is 0 Å². The molecule has 13 nitrogen and oxygen atoms in total. The summed E-state index contributed by atoms with van der Waals surface area (Å²) in [6.07, 6.45) is 34.8. The summed E-state index contributed by atoms with van der Waals surface area (Å²) in [4.78, 5) is 61.4. The molecular formula is C50H90N2O11. The number of esters is 2. The zero-order valence-corrected chi connectivity index (χ0v) is 40.0. The average Bonchev–Trinajstić information content (AvgIpc) is 3.60. The van der Waals surface area contributed by atoms with Crippen LogP contribution >= 0.6 is 0 Å². The van der Waals surface area contributed by atoms with Crippen LogP contribution in [-0.4, -0.2) is 113 Å². The van der Waals surface area contributed by atoms with E-state index in [-0.39, 0.29) is 50.6 Å². The molecule has 1 rings (SSSR count). The monoisotopic (exact) mass is 895 g/mol. The third kappa shape index (κ3) is 38.1. The summed E-state index contributed by atoms with van der Waals surface area (Å²) < 4.78 is 33.6. The Morgan fingerprint density at radius 3 is 1.30 bits per heavy atom. The number of unbranched alkanes of at least 4 members (excludes halogenated alkanes) is 24. The number of nitrogens with zero attached hydrogens (tertiary/aromatic N) is 1. The maximum atomic E-state index is 12.7. The Balaban J connectivity index is 2.19. The minimum Gasteiger partial charge on any atom is -0.462 e. The molecule has 0 saturated heterocycles. The molecule has 0 fully saturated rings. The number of carbonyl (C=O) groups is 5. The lowest BCUT2D eigenvalue weighted by molar-refractivity contribution is -0.163. The van der Waals surface area contributed by atoms with Crippen LogP contribution in [-0.2, 0) is 52.4 Å². The van der Waals surface area contributed by atoms with Crippen molar-refractivity contribution in [2.45, 2.75) is 206 Å². The molecule has 0 saturated carbocycles. The van der Waals surface area contributed by atoms with Crippen LogP contribution in [0.25, 0.3) is 0 Å². The first-order chi connectivity index (χ1) is 30.9. The van der Waals surface area contributed by atoms with Gasteiger partial charge in [-0.3, -0.25) is 28.9 Å². The second-order valence-corrected chi connectivity index (χ2v) is 17.0. The lowest BCUT2D eigenvalue weighted by atomic mass is 10.0. The van der Waals surface area contributed by atoms with Crippen LogP contribution in [0, 0.1) is 0 Å². The minimum atomic E-state index is -0.671. The van der Waals surface area contributed by atoms with Gasteiger partial charge in [0.2, 0.25) is 5.91 Å². The summed E-state index contributed by atoms with van der Waals surface area (Å²) >= 11 is 0. The first kappa shape index (κ1) is 58.1. The molecule has 1 atom stereocenters. The van der Waals surface area contributed by atoms with Crippen LogP contribution in [0.15, 0.2) is 12.2 Å². The number of carbonyl (C=O) groups excluding carboxylic acids is 5. The highest BCUT2D eigenvalue weighted by atomic mass is 16.6. The molecule has 0 radical (unpaired) electrons. The summed E-state index contributed by atoms with van der Waals surface area (Å²) in [5.74, 6) is -1.63. The fourth-order valence-corrected chi connectivity index (χ4v) is 7.28. The summed E-state index contributed by atoms with van der Waals surface area (Å²) in [5, 5.41) is 2.69. The molecule has 3 amide bonds. The minimum absolute atomic E-state index is 0.0221. The lowest BCUT2D eigenvalue weighted by Crippen LogP contribution is -2.35. The molecule has 1 heterocycles. The van der Waals surface area contributed by atoms with Gasteiger partial charge in [-0.1, -0.05) is 168 Å². The summed E-state index contributed by atoms with van der Waals surface area (Å²) in [5.41, 5.74) is 0. The molecule has 0 aliphatic carbocycles. The van der Waals surface area contributed by atoms with Gasteiger partial charge in [0.15, 0.2) is 6.10 Å². The van der Waals surface area contributed by atoms with Crippen molar-refractivity contribution in [3.63, 3.8) is 0 Å². The van der Waals surface area contributed by atoms with Gasteiger partial charge >= 0.3 is 11.9 Å². The van der Waals surface area contributed by atoms with Crippen molar-refractivity contribution in [1.82, 2.24) is 10.2 Å². The van der Waals surface area contributed by atoms with E-state index in [1.807, 2.05) is 0 Å². The molecule has 0 spiro atoms. The summed E-state index contributed by atoms with van der Waals surface area (Å²) in [6.45, 7) is 7.34. The van der Waals surface area contributed by atoms with E-state index in [2.05, 4.69) is 19.2 Å². The van der Waals surface area contributed by atoms with Gasteiger partial charge in [0.25, 0.3) is 11.8 Å². The number of imide groups is 1. The third-order valence-corrected chi connectivity index (χ3v) is 11.1. The summed E-state index contributed by atoms with van der Waals surface area (Å²) in [6, 6.07) is 0. The van der Waals surface area contributed by atoms with E-state index < -0.39 is 17.9 Å². The van der Waals surface area contributed by atoms with Crippen molar-refractivity contribution in [2.24, 2.45) is 0 Å². The van der Waals surface area contributed by atoms with Gasteiger partial charge in [0.05, 0.1) is 52.9 Å². The van der Waals surface area contributed by atoms with Gasteiger partial charge in [-0.2, -0.15) is 0 Å². The van der Waals surface area contributed by atoms with Crippen LogP contribution in [0.3, 0.4) is 0 Å². The third-order valence-electron chi connectivity index (χ3n) is 11.1. The fraction of sp³-hybridized carbons (Fsp3) is 0.860. The van der Waals surface area contributed by atoms with Crippen molar-refractivity contribution < 1.29 is 52.4 Å². The fourth-order valence-electron chi connectivity index (χ4n) is 7.28. The highest BCUT2D eigenvalue weighted by molar-refractivity contribution is 6.13. The molecule has 0 bridgehead atoms. The molecule has 1 aliphatic heterocycles. The second kappa shape index (κ2) is 44.3. The van der Waals surface area contributed by atoms with E-state index in [1.165, 1.54) is 141 Å². The molecule has 1 unspecified atom stereocenters. The van der Waals surface area contributed by atoms with Crippen LogP contribution in [0.2, 0.25) is 0 Å². The molecule has 0 aromatic carbocycles. The molecule has 1 aliphatic rings. The predicted octanol–water partition coefficient (Wildman–Crippen LogP) is 9.90. The van der Waals surface area contributed by atoms with Crippen molar-refractivity contribution in [3.05, 3.63) is 12.2 Å². The molecule has 13 heteroatoms. The highest BCUT2D eigenvalue weighted by Gasteiger charge is 2.23. The van der Waals surface area contributed by atoms with E-state index in [1.54, 1.807) is 0 Å². The van der Waals surface area contributed by atoms with Crippen molar-refractivity contribution in [1.29, 1.82) is 0 Å². The van der Waals surface area contributed by atoms with Crippen molar-refractivity contribution in [3.8, 4) is 0 Å². The van der Waals surface area contributed by atoms with Gasteiger partial charge in [-0.25, -0.2) is 0 Å². The quantitative estimate of drug-likeness (QED) is 0.0352. The molecular weight excluding hydrogens is 805 g/mol. The van der Waals surface area contributed by atoms with Gasteiger partial charge in [-0.05, 0) is 12.8 Å². The predicted molar refractivity (Wildman–Crippen MR) is 248 cm³/mol. The Morgan fingerprint density at radius 1 is 0.476 bits per heavy atom. The molecule has 0 aromatic heterocycles. The summed E-state index contributed by atoms with van der Waals surface area (Å²) in [7, 11) is 0. The van der Waals surface area contributed by atoms with E-state index in [0.717, 1.165) is 43.4 Å². The standard InChI is InChI=1S/C50H90N2O11/c1-3-5-7-9-11-13-15-17-19-21-23-25-27-29-49(56)62-44-45(63-50(57)30-28-26-24-22-20-18-16-14-12-10-8-6-4-2)43-61-42-41-60-40-39-59-38-37-58-36-34-51-46(53)33-35-52-47(54)31-32-48(52)55/h31-32,45H,3-30,33-44H2,1-2H3,(H,51,53). The first-order valence-electron chi connectivity index (χ1n) is 25.3. The normalized spacial score (nSPS) is 13.0. The molecule has 1 N–H and O–H groups in total. The topological polar surface area (TPSA) is 156 Å². The van der Waals surface area contributed by atoms with E-state index in [4.69, 9.17) is 28.4 Å². The number of nitrogens with one attached hydrogen (secondary N) is 1. The first-order valence-corrected chi connectivity index (χ1v) is 25.3. The molecule has 63 heavy (non-hydrogen) atoms. The number of ether oxygens (including phenoxy) is 6. The Hall–Kier alpha value is -2.87. The largest absolute Gasteiger partial charge is 0.462 e. The van der Waals surface area contributed by atoms with Gasteiger partial charge in [0, 0.05) is 44.5 Å².